The number of hydrogen-bond donors (Lipinski definition) is 0. The SMILES string of the molecule is COC(=O)OC1CCCCC1OC(=O)OCCC(C)C. The minimum absolute atomic E-state index is 0.339. The molecular formula is C14H24O6. The van der Waals surface area contributed by atoms with E-state index in [1.54, 1.807) is 0 Å². The maximum atomic E-state index is 11.6. The van der Waals surface area contributed by atoms with Crippen LogP contribution in [0.3, 0.4) is 0 Å². The van der Waals surface area contributed by atoms with E-state index in [0.717, 1.165) is 19.3 Å². The summed E-state index contributed by atoms with van der Waals surface area (Å²) >= 11 is 0. The molecule has 0 aromatic heterocycles. The molecule has 0 bridgehead atoms. The third-order valence-electron chi connectivity index (χ3n) is 3.22. The van der Waals surface area contributed by atoms with E-state index >= 15 is 0 Å². The molecule has 0 spiro atoms. The summed E-state index contributed by atoms with van der Waals surface area (Å²) in [6, 6.07) is 0. The molecule has 6 nitrogen and oxygen atoms in total. The average Bonchev–Trinajstić information content (AvgIpc) is 2.40. The van der Waals surface area contributed by atoms with E-state index in [9.17, 15) is 9.59 Å². The molecular weight excluding hydrogens is 264 g/mol. The van der Waals surface area contributed by atoms with Gasteiger partial charge in [-0.15, -0.1) is 0 Å². The molecule has 0 amide bonds. The first-order chi connectivity index (χ1) is 9.52. The second-order valence-corrected chi connectivity index (χ2v) is 5.33. The molecule has 1 fully saturated rings. The van der Waals surface area contributed by atoms with Crippen molar-refractivity contribution in [2.45, 2.75) is 58.2 Å². The van der Waals surface area contributed by atoms with E-state index in [1.165, 1.54) is 7.11 Å². The zero-order chi connectivity index (χ0) is 15.0. The van der Waals surface area contributed by atoms with Crippen molar-refractivity contribution >= 4 is 12.3 Å². The number of ether oxygens (including phenoxy) is 4. The van der Waals surface area contributed by atoms with Gasteiger partial charge >= 0.3 is 12.3 Å². The highest BCUT2D eigenvalue weighted by atomic mass is 16.8. The molecule has 0 aromatic rings. The molecule has 0 heterocycles. The highest BCUT2D eigenvalue weighted by Crippen LogP contribution is 2.24. The zero-order valence-corrected chi connectivity index (χ0v) is 12.4. The van der Waals surface area contributed by atoms with Crippen molar-refractivity contribution in [1.29, 1.82) is 0 Å². The number of rotatable bonds is 5. The summed E-state index contributed by atoms with van der Waals surface area (Å²) in [6.45, 7) is 4.44. The van der Waals surface area contributed by atoms with Crippen LogP contribution in [0.1, 0.15) is 46.0 Å². The van der Waals surface area contributed by atoms with E-state index in [4.69, 9.17) is 14.2 Å². The van der Waals surface area contributed by atoms with Gasteiger partial charge in [0.1, 0.15) is 12.2 Å². The highest BCUT2D eigenvalue weighted by molar-refractivity contribution is 5.61. The van der Waals surface area contributed by atoms with Gasteiger partial charge in [-0.05, 0) is 38.0 Å². The summed E-state index contributed by atoms with van der Waals surface area (Å²) in [5, 5.41) is 0. The van der Waals surface area contributed by atoms with Crippen molar-refractivity contribution < 1.29 is 28.5 Å². The molecule has 6 heteroatoms. The van der Waals surface area contributed by atoms with Gasteiger partial charge in [-0.1, -0.05) is 13.8 Å². The lowest BCUT2D eigenvalue weighted by atomic mass is 9.95. The van der Waals surface area contributed by atoms with Crippen LogP contribution in [0.2, 0.25) is 0 Å². The van der Waals surface area contributed by atoms with Gasteiger partial charge in [0.05, 0.1) is 13.7 Å². The third-order valence-corrected chi connectivity index (χ3v) is 3.22. The molecule has 0 aliphatic heterocycles. The summed E-state index contributed by atoms with van der Waals surface area (Å²) in [6.07, 6.45) is 1.65. The summed E-state index contributed by atoms with van der Waals surface area (Å²) < 4.78 is 19.8. The second-order valence-electron chi connectivity index (χ2n) is 5.33. The Hall–Kier alpha value is -1.46. The van der Waals surface area contributed by atoms with E-state index in [1.807, 2.05) is 0 Å². The van der Waals surface area contributed by atoms with E-state index < -0.39 is 24.5 Å². The van der Waals surface area contributed by atoms with Crippen molar-refractivity contribution in [2.75, 3.05) is 13.7 Å². The fraction of sp³-hybridized carbons (Fsp3) is 0.857. The maximum Gasteiger partial charge on any atom is 0.508 e. The van der Waals surface area contributed by atoms with Crippen LogP contribution >= 0.6 is 0 Å². The van der Waals surface area contributed by atoms with Crippen molar-refractivity contribution in [3.05, 3.63) is 0 Å². The predicted octanol–water partition coefficient (Wildman–Crippen LogP) is 3.28. The fourth-order valence-corrected chi connectivity index (χ4v) is 2.04. The summed E-state index contributed by atoms with van der Waals surface area (Å²) in [5.41, 5.74) is 0. The third kappa shape index (κ3) is 6.12. The lowest BCUT2D eigenvalue weighted by Crippen LogP contribution is -2.38. The minimum Gasteiger partial charge on any atom is -0.438 e. The molecule has 2 atom stereocenters. The number of carbonyl (C=O) groups excluding carboxylic acids is 2. The quantitative estimate of drug-likeness (QED) is 0.723. The van der Waals surface area contributed by atoms with Gasteiger partial charge < -0.3 is 18.9 Å². The van der Waals surface area contributed by atoms with Crippen LogP contribution in [0.15, 0.2) is 0 Å². The minimum atomic E-state index is -0.751. The number of hydrogen-bond acceptors (Lipinski definition) is 6. The first-order valence-corrected chi connectivity index (χ1v) is 7.11. The first-order valence-electron chi connectivity index (χ1n) is 7.11. The second kappa shape index (κ2) is 8.66. The highest BCUT2D eigenvalue weighted by Gasteiger charge is 2.32. The standard InChI is InChI=1S/C14H24O6/c1-10(2)8-9-18-14(16)20-12-7-5-4-6-11(12)19-13(15)17-3/h10-12H,4-9H2,1-3H3. The van der Waals surface area contributed by atoms with Crippen molar-refractivity contribution in [1.82, 2.24) is 0 Å². The average molecular weight is 288 g/mol. The fourth-order valence-electron chi connectivity index (χ4n) is 2.04. The Labute approximate surface area is 119 Å². The van der Waals surface area contributed by atoms with Crippen LogP contribution in [0, 0.1) is 5.92 Å². The number of carbonyl (C=O) groups is 2. The monoisotopic (exact) mass is 288 g/mol. The van der Waals surface area contributed by atoms with Gasteiger partial charge in [-0.3, -0.25) is 0 Å². The Morgan fingerprint density at radius 2 is 1.60 bits per heavy atom. The Morgan fingerprint density at radius 1 is 1.05 bits per heavy atom. The molecule has 1 aliphatic rings. The molecule has 1 saturated carbocycles. The summed E-state index contributed by atoms with van der Waals surface area (Å²) in [5.74, 6) is 0.466. The van der Waals surface area contributed by atoms with Crippen molar-refractivity contribution in [2.24, 2.45) is 5.92 Å². The van der Waals surface area contributed by atoms with Gasteiger partial charge in [0.2, 0.25) is 0 Å². The van der Waals surface area contributed by atoms with Crippen LogP contribution < -0.4 is 0 Å². The molecule has 0 aromatic carbocycles. The predicted molar refractivity (Wildman–Crippen MR) is 71.4 cm³/mol. The molecule has 2 unspecified atom stereocenters. The summed E-state index contributed by atoms with van der Waals surface area (Å²) in [7, 11) is 1.25. The Balaban J connectivity index is 2.37. The van der Waals surface area contributed by atoms with E-state index in [2.05, 4.69) is 18.6 Å². The number of methoxy groups -OCH3 is 1. The topological polar surface area (TPSA) is 71.1 Å². The Morgan fingerprint density at radius 3 is 2.10 bits per heavy atom. The normalized spacial score (nSPS) is 22.2. The van der Waals surface area contributed by atoms with Crippen LogP contribution in [0.25, 0.3) is 0 Å². The molecule has 0 radical (unpaired) electrons. The molecule has 0 saturated heterocycles. The van der Waals surface area contributed by atoms with Crippen molar-refractivity contribution in [3.8, 4) is 0 Å². The zero-order valence-electron chi connectivity index (χ0n) is 12.4. The van der Waals surface area contributed by atoms with Gasteiger partial charge in [-0.25, -0.2) is 9.59 Å². The van der Waals surface area contributed by atoms with Crippen LogP contribution in [-0.4, -0.2) is 38.2 Å². The van der Waals surface area contributed by atoms with E-state index in [-0.39, 0.29) is 0 Å². The maximum absolute atomic E-state index is 11.6. The van der Waals surface area contributed by atoms with Gasteiger partial charge in [0.25, 0.3) is 0 Å². The van der Waals surface area contributed by atoms with Crippen molar-refractivity contribution in [3.63, 3.8) is 0 Å². The lowest BCUT2D eigenvalue weighted by Gasteiger charge is -2.29. The smallest absolute Gasteiger partial charge is 0.438 e. The largest absolute Gasteiger partial charge is 0.508 e. The van der Waals surface area contributed by atoms with Gasteiger partial charge in [0.15, 0.2) is 0 Å². The molecule has 116 valence electrons. The van der Waals surface area contributed by atoms with Gasteiger partial charge in [-0.2, -0.15) is 0 Å². The van der Waals surface area contributed by atoms with Crippen LogP contribution in [-0.2, 0) is 18.9 Å². The summed E-state index contributed by atoms with van der Waals surface area (Å²) in [4.78, 5) is 22.7. The Bertz CT molecular complexity index is 315. The van der Waals surface area contributed by atoms with Crippen LogP contribution in [0.5, 0.6) is 0 Å². The molecule has 1 aliphatic carbocycles. The lowest BCUT2D eigenvalue weighted by molar-refractivity contribution is -0.0683. The molecule has 0 N–H and O–H groups in total. The molecule has 20 heavy (non-hydrogen) atoms. The van der Waals surface area contributed by atoms with Gasteiger partial charge in [0, 0.05) is 0 Å². The van der Waals surface area contributed by atoms with Crippen LogP contribution in [0.4, 0.5) is 9.59 Å². The van der Waals surface area contributed by atoms with E-state index in [0.29, 0.717) is 25.4 Å². The molecule has 1 rings (SSSR count). The Kier molecular flexibility index (Phi) is 7.18. The first kappa shape index (κ1) is 16.6.